The first-order valence-corrected chi connectivity index (χ1v) is 14.2. The number of halogens is 1. The van der Waals surface area contributed by atoms with Crippen LogP contribution >= 0.6 is 11.8 Å². The molecule has 10 heteroatoms. The minimum absolute atomic E-state index is 0.222. The third-order valence-electron chi connectivity index (χ3n) is 5.29. The summed E-state index contributed by atoms with van der Waals surface area (Å²) in [5.41, 5.74) is 1.52. The molecule has 1 amide bonds. The van der Waals surface area contributed by atoms with Gasteiger partial charge in [-0.15, -0.1) is 11.8 Å². The minimum atomic E-state index is -1.43. The first kappa shape index (κ1) is 31.2. The van der Waals surface area contributed by atoms with Crippen LogP contribution in [-0.4, -0.2) is 55.0 Å². The molecule has 0 bridgehead atoms. The largest absolute Gasteiger partial charge is 0.394 e. The lowest BCUT2D eigenvalue weighted by molar-refractivity contribution is -0.124. The minimum Gasteiger partial charge on any atom is -0.394 e. The molecule has 1 aromatic rings. The molecule has 0 spiro atoms. The van der Waals surface area contributed by atoms with E-state index in [1.54, 1.807) is 37.1 Å². The smallest absolute Gasteiger partial charge is 0.255 e. The number of aryl methyl sites for hydroxylation is 1. The van der Waals surface area contributed by atoms with Crippen LogP contribution in [0, 0.1) is 12.7 Å². The molecule has 7 nitrogen and oxygen atoms in total. The summed E-state index contributed by atoms with van der Waals surface area (Å²) in [7, 11) is -1.43. The number of aliphatic hydroxyl groups excluding tert-OH is 2. The van der Waals surface area contributed by atoms with Gasteiger partial charge in [0.25, 0.3) is 5.91 Å². The number of rotatable bonds is 9. The van der Waals surface area contributed by atoms with Gasteiger partial charge in [0.05, 0.1) is 28.2 Å². The van der Waals surface area contributed by atoms with Crippen molar-refractivity contribution in [2.75, 3.05) is 24.2 Å². The number of nitrogens with one attached hydrogen (secondary N) is 2. The molecule has 2 atom stereocenters. The van der Waals surface area contributed by atoms with E-state index in [0.717, 1.165) is 5.56 Å². The van der Waals surface area contributed by atoms with E-state index in [-0.39, 0.29) is 24.8 Å². The number of thioether (sulfide) groups is 1. The van der Waals surface area contributed by atoms with E-state index in [4.69, 9.17) is 5.11 Å². The summed E-state index contributed by atoms with van der Waals surface area (Å²) in [5, 5.41) is 22.2. The van der Waals surface area contributed by atoms with Gasteiger partial charge in [0.15, 0.2) is 0 Å². The molecule has 1 heterocycles. The van der Waals surface area contributed by atoms with E-state index in [2.05, 4.69) is 10.0 Å². The monoisotopic (exact) mass is 529 g/mol. The molecular weight excluding hydrogens is 489 g/mol. The average molecular weight is 530 g/mol. The van der Waals surface area contributed by atoms with Crippen LogP contribution in [0.25, 0.3) is 0 Å². The number of benzene rings is 1. The highest BCUT2D eigenvalue weighted by atomic mass is 32.2. The molecule has 1 aliphatic heterocycles. The van der Waals surface area contributed by atoms with Crippen molar-refractivity contribution in [2.24, 2.45) is 0 Å². The molecule has 198 valence electrons. The van der Waals surface area contributed by atoms with Crippen molar-refractivity contribution in [3.05, 3.63) is 52.6 Å². The van der Waals surface area contributed by atoms with Gasteiger partial charge in [0.1, 0.15) is 16.8 Å². The second kappa shape index (κ2) is 15.3. The molecule has 2 unspecified atom stereocenters. The van der Waals surface area contributed by atoms with Gasteiger partial charge >= 0.3 is 0 Å². The second-order valence-corrected chi connectivity index (χ2v) is 10.6. The molecule has 1 saturated carbocycles. The van der Waals surface area contributed by atoms with Crippen molar-refractivity contribution in [1.82, 2.24) is 9.62 Å². The molecule has 1 aliphatic carbocycles. The fraction of sp³-hybridized carbons (Fsp3) is 0.560. The zero-order chi connectivity index (χ0) is 26.6. The van der Waals surface area contributed by atoms with E-state index in [9.17, 15) is 18.5 Å². The molecule has 1 saturated heterocycles. The van der Waals surface area contributed by atoms with Crippen LogP contribution in [0.4, 0.5) is 10.1 Å². The lowest BCUT2D eigenvalue weighted by Gasteiger charge is -2.20. The summed E-state index contributed by atoms with van der Waals surface area (Å²) in [6, 6.07) is 4.83. The van der Waals surface area contributed by atoms with E-state index >= 15 is 0 Å². The van der Waals surface area contributed by atoms with Crippen LogP contribution in [0.15, 0.2) is 41.2 Å². The molecular formula is C25H40FN3O4S2. The zero-order valence-electron chi connectivity index (χ0n) is 21.6. The lowest BCUT2D eigenvalue weighted by Crippen LogP contribution is -2.33. The van der Waals surface area contributed by atoms with Crippen LogP contribution in [0.5, 0.6) is 0 Å². The van der Waals surface area contributed by atoms with Crippen LogP contribution in [0.2, 0.25) is 0 Å². The Labute approximate surface area is 215 Å². The van der Waals surface area contributed by atoms with E-state index in [1.165, 1.54) is 24.0 Å². The van der Waals surface area contributed by atoms with Crippen molar-refractivity contribution < 1.29 is 23.6 Å². The fourth-order valence-electron chi connectivity index (χ4n) is 3.28. The standard InChI is InChI=1S/C21H28FN3O4S2.2C2H6/c1-14-3-4-18(17(22)9-14)23-11-15(2)20(28)25-7-8-30-19(25)12-24-31(29)21(5-6-21)10-16(27)13-26;2*1-2/h3-4,9,11-12,16,23-24,26-27H,5-8,10,13H2,1-2H3;2*1-2H3/b15-11+,19-12-;;. The Bertz CT molecular complexity index is 920. The van der Waals surface area contributed by atoms with Crippen molar-refractivity contribution in [3.8, 4) is 0 Å². The average Bonchev–Trinajstić information content (AvgIpc) is 3.50. The summed E-state index contributed by atoms with van der Waals surface area (Å²) >= 11 is 1.48. The highest BCUT2D eigenvalue weighted by Gasteiger charge is 2.50. The maximum atomic E-state index is 14.0. The maximum absolute atomic E-state index is 14.0. The van der Waals surface area contributed by atoms with Gasteiger partial charge in [-0.1, -0.05) is 33.8 Å². The first-order chi connectivity index (χ1) is 16.8. The number of carbonyl (C=O) groups excluding carboxylic acids is 1. The number of aliphatic hydroxyl groups is 2. The molecule has 35 heavy (non-hydrogen) atoms. The van der Waals surface area contributed by atoms with Gasteiger partial charge in [0.2, 0.25) is 0 Å². The second-order valence-electron chi connectivity index (χ2n) is 7.85. The molecule has 3 rings (SSSR count). The van der Waals surface area contributed by atoms with Crippen molar-refractivity contribution in [2.45, 2.75) is 71.7 Å². The number of nitrogens with zero attached hydrogens (tertiary/aromatic N) is 1. The van der Waals surface area contributed by atoms with Gasteiger partial charge in [-0.2, -0.15) is 0 Å². The number of amides is 1. The molecule has 4 N–H and O–H groups in total. The first-order valence-electron chi connectivity index (χ1n) is 12.1. The van der Waals surface area contributed by atoms with Crippen LogP contribution < -0.4 is 10.0 Å². The van der Waals surface area contributed by atoms with Gasteiger partial charge in [-0.05, 0) is 50.8 Å². The molecule has 2 fully saturated rings. The Hall–Kier alpha value is -1.88. The topological polar surface area (TPSA) is 102 Å². The highest BCUT2D eigenvalue weighted by Crippen LogP contribution is 2.45. The van der Waals surface area contributed by atoms with Gasteiger partial charge in [0, 0.05) is 30.3 Å². The number of hydrogen-bond acceptors (Lipinski definition) is 6. The molecule has 0 radical (unpaired) electrons. The maximum Gasteiger partial charge on any atom is 0.255 e. The van der Waals surface area contributed by atoms with Crippen molar-refractivity contribution in [3.63, 3.8) is 0 Å². The molecule has 0 aromatic heterocycles. The SMILES string of the molecule is C/C(=C\Nc1ccc(C)cc1F)C(=O)N1CCS/C1=C\NS(=O)C1(CC(O)CO)CC1.CC.CC. The summed E-state index contributed by atoms with van der Waals surface area (Å²) in [6.45, 7) is 11.6. The van der Waals surface area contributed by atoms with Crippen LogP contribution in [-0.2, 0) is 15.8 Å². The number of anilines is 1. The Morgan fingerprint density at radius 1 is 1.31 bits per heavy atom. The zero-order valence-corrected chi connectivity index (χ0v) is 23.2. The third kappa shape index (κ3) is 8.93. The highest BCUT2D eigenvalue weighted by molar-refractivity contribution is 8.03. The van der Waals surface area contributed by atoms with E-state index in [0.29, 0.717) is 41.4 Å². The lowest BCUT2D eigenvalue weighted by atomic mass is 10.2. The normalized spacial score (nSPS) is 19.1. The quantitative estimate of drug-likeness (QED) is 0.354. The van der Waals surface area contributed by atoms with Crippen molar-refractivity contribution >= 4 is 34.3 Å². The molecule has 1 aromatic carbocycles. The van der Waals surface area contributed by atoms with Gasteiger partial charge in [-0.3, -0.25) is 4.79 Å². The van der Waals surface area contributed by atoms with Crippen molar-refractivity contribution in [1.29, 1.82) is 0 Å². The Morgan fingerprint density at radius 2 is 1.97 bits per heavy atom. The number of hydrogen-bond donors (Lipinski definition) is 4. The summed E-state index contributed by atoms with van der Waals surface area (Å²) in [5.74, 6) is 0.106. The third-order valence-corrected chi connectivity index (χ3v) is 8.01. The Kier molecular flexibility index (Phi) is 13.6. The summed E-state index contributed by atoms with van der Waals surface area (Å²) in [4.78, 5) is 14.5. The summed E-state index contributed by atoms with van der Waals surface area (Å²) in [6.07, 6.45) is 3.87. The van der Waals surface area contributed by atoms with Crippen LogP contribution in [0.1, 0.15) is 59.4 Å². The molecule has 2 aliphatic rings. The fourth-order valence-corrected chi connectivity index (χ4v) is 5.59. The van der Waals surface area contributed by atoms with Gasteiger partial charge in [-0.25, -0.2) is 8.60 Å². The summed E-state index contributed by atoms with van der Waals surface area (Å²) < 4.78 is 29.0. The Balaban J connectivity index is 0.00000145. The predicted octanol–water partition coefficient (Wildman–Crippen LogP) is 4.41. The number of carbonyl (C=O) groups is 1. The van der Waals surface area contributed by atoms with Crippen LogP contribution in [0.3, 0.4) is 0 Å². The predicted molar refractivity (Wildman–Crippen MR) is 144 cm³/mol. The Morgan fingerprint density at radius 3 is 2.54 bits per heavy atom. The van der Waals surface area contributed by atoms with E-state index < -0.39 is 21.8 Å². The van der Waals surface area contributed by atoms with E-state index in [1.807, 2.05) is 27.7 Å². The van der Waals surface area contributed by atoms with Gasteiger partial charge < -0.3 is 25.2 Å².